The van der Waals surface area contributed by atoms with E-state index in [1.165, 1.54) is 13.2 Å². The van der Waals surface area contributed by atoms with Gasteiger partial charge in [0.25, 0.3) is 0 Å². The van der Waals surface area contributed by atoms with Crippen LogP contribution in [0.1, 0.15) is 28.4 Å². The first-order valence-electron chi connectivity index (χ1n) is 5.58. The van der Waals surface area contributed by atoms with Gasteiger partial charge in [-0.3, -0.25) is 4.79 Å². The van der Waals surface area contributed by atoms with Crippen molar-refractivity contribution in [3.05, 3.63) is 28.8 Å². The van der Waals surface area contributed by atoms with Crippen molar-refractivity contribution in [3.63, 3.8) is 0 Å². The van der Waals surface area contributed by atoms with Crippen molar-refractivity contribution in [3.8, 4) is 5.75 Å². The molecule has 1 aromatic carbocycles. The van der Waals surface area contributed by atoms with E-state index in [1.54, 1.807) is 19.9 Å². The second-order valence-corrected chi connectivity index (χ2v) is 4.69. The number of halogens is 3. The van der Waals surface area contributed by atoms with Crippen LogP contribution in [-0.2, 0) is 0 Å². The van der Waals surface area contributed by atoms with Crippen LogP contribution in [0.3, 0.4) is 0 Å². The molecule has 19 heavy (non-hydrogen) atoms. The van der Waals surface area contributed by atoms with Crippen molar-refractivity contribution < 1.29 is 22.7 Å². The number of benzene rings is 1. The normalized spacial score (nSPS) is 14.9. The average molecular weight is 275 g/mol. The molecular weight excluding hydrogens is 259 g/mol. The highest BCUT2D eigenvalue weighted by atomic mass is 19.4. The van der Waals surface area contributed by atoms with Gasteiger partial charge < -0.3 is 10.5 Å². The molecule has 0 spiro atoms. The van der Waals surface area contributed by atoms with Crippen molar-refractivity contribution in [1.82, 2.24) is 0 Å². The van der Waals surface area contributed by atoms with E-state index in [1.807, 2.05) is 0 Å². The Balaban J connectivity index is 3.43. The molecule has 1 atom stereocenters. The molecule has 0 saturated heterocycles. The van der Waals surface area contributed by atoms with Crippen molar-refractivity contribution in [1.29, 1.82) is 0 Å². The quantitative estimate of drug-likeness (QED) is 0.863. The van der Waals surface area contributed by atoms with E-state index in [-0.39, 0.29) is 11.3 Å². The summed E-state index contributed by atoms with van der Waals surface area (Å²) in [5, 5.41) is 0. The molecule has 1 aromatic rings. The lowest BCUT2D eigenvalue weighted by Gasteiger charge is -2.27. The number of hydrogen-bond acceptors (Lipinski definition) is 3. The number of rotatable bonds is 3. The molecule has 3 nitrogen and oxygen atoms in total. The highest BCUT2D eigenvalue weighted by Crippen LogP contribution is 2.35. The third-order valence-corrected chi connectivity index (χ3v) is 2.95. The zero-order valence-electron chi connectivity index (χ0n) is 11.2. The molecule has 106 valence electrons. The number of hydrogen-bond donors (Lipinski definition) is 1. The lowest BCUT2D eigenvalue weighted by molar-refractivity contribution is -0.165. The molecule has 6 heteroatoms. The Morgan fingerprint density at radius 1 is 1.26 bits per heavy atom. The summed E-state index contributed by atoms with van der Waals surface area (Å²) in [6.07, 6.45) is -4.83. The Labute approximate surface area is 109 Å². The molecular formula is C13H16F3NO2. The summed E-state index contributed by atoms with van der Waals surface area (Å²) < 4.78 is 43.5. The summed E-state index contributed by atoms with van der Waals surface area (Å²) >= 11 is 0. The number of ketones is 1. The van der Waals surface area contributed by atoms with Gasteiger partial charge in [0.1, 0.15) is 5.75 Å². The summed E-state index contributed by atoms with van der Waals surface area (Å²) in [6, 6.07) is 3.12. The largest absolute Gasteiger partial charge is 0.496 e. The fourth-order valence-corrected chi connectivity index (χ4v) is 1.77. The Morgan fingerprint density at radius 3 is 2.21 bits per heavy atom. The second-order valence-electron chi connectivity index (χ2n) is 4.69. The number of aryl methyl sites for hydroxylation is 2. The van der Waals surface area contributed by atoms with Crippen molar-refractivity contribution in [2.24, 2.45) is 5.73 Å². The van der Waals surface area contributed by atoms with Crippen LogP contribution < -0.4 is 10.5 Å². The third-order valence-electron chi connectivity index (χ3n) is 2.95. The highest BCUT2D eigenvalue weighted by molar-refractivity contribution is 6.06. The molecule has 1 rings (SSSR count). The van der Waals surface area contributed by atoms with Crippen LogP contribution in [0.15, 0.2) is 12.1 Å². The van der Waals surface area contributed by atoms with E-state index in [0.717, 1.165) is 5.56 Å². The highest BCUT2D eigenvalue weighted by Gasteiger charge is 2.54. The summed E-state index contributed by atoms with van der Waals surface area (Å²) in [7, 11) is 1.30. The van der Waals surface area contributed by atoms with Gasteiger partial charge in [-0.15, -0.1) is 0 Å². The van der Waals surface area contributed by atoms with Crippen LogP contribution in [-0.4, -0.2) is 24.6 Å². The van der Waals surface area contributed by atoms with E-state index in [0.29, 0.717) is 12.5 Å². The number of alkyl halides is 3. The maximum Gasteiger partial charge on any atom is 0.413 e. The lowest BCUT2D eigenvalue weighted by atomic mass is 9.88. The molecule has 0 heterocycles. The molecule has 0 radical (unpaired) electrons. The Morgan fingerprint density at radius 2 is 1.79 bits per heavy atom. The topological polar surface area (TPSA) is 52.3 Å². The van der Waals surface area contributed by atoms with Crippen LogP contribution in [0.25, 0.3) is 0 Å². The molecule has 0 aliphatic rings. The maximum absolute atomic E-state index is 12.8. The minimum absolute atomic E-state index is 0.100. The van der Waals surface area contributed by atoms with Gasteiger partial charge in [-0.2, -0.15) is 13.2 Å². The van der Waals surface area contributed by atoms with Gasteiger partial charge in [0.05, 0.1) is 12.7 Å². The van der Waals surface area contributed by atoms with E-state index < -0.39 is 17.5 Å². The summed E-state index contributed by atoms with van der Waals surface area (Å²) in [5.41, 5.74) is 3.29. The number of Topliss-reactive ketones (excluding diaryl/α,β-unsaturated/α-hetero) is 1. The zero-order valence-corrected chi connectivity index (χ0v) is 11.2. The molecule has 0 saturated carbocycles. The van der Waals surface area contributed by atoms with E-state index >= 15 is 0 Å². The van der Waals surface area contributed by atoms with Crippen molar-refractivity contribution >= 4 is 5.78 Å². The van der Waals surface area contributed by atoms with Crippen LogP contribution in [0.2, 0.25) is 0 Å². The predicted octanol–water partition coefficient (Wildman–Crippen LogP) is 2.77. The first-order valence-corrected chi connectivity index (χ1v) is 5.58. The van der Waals surface area contributed by atoms with Gasteiger partial charge in [0, 0.05) is 0 Å². The molecule has 0 aliphatic carbocycles. The smallest absolute Gasteiger partial charge is 0.413 e. The monoisotopic (exact) mass is 275 g/mol. The molecule has 0 aromatic heterocycles. The average Bonchev–Trinajstić information content (AvgIpc) is 2.25. The van der Waals surface area contributed by atoms with Gasteiger partial charge in [-0.1, -0.05) is 6.07 Å². The molecule has 1 unspecified atom stereocenters. The Bertz CT molecular complexity index is 507. The van der Waals surface area contributed by atoms with E-state index in [4.69, 9.17) is 10.5 Å². The standard InChI is InChI=1S/C13H16F3NO2/c1-7-5-8(2)10(9(6-7)19-4)11(18)12(3,17)13(14,15)16/h5-6H,17H2,1-4H3. The first kappa shape index (κ1) is 15.5. The number of carbonyl (C=O) groups excluding carboxylic acids is 1. The van der Waals surface area contributed by atoms with Gasteiger partial charge in [-0.05, 0) is 38.0 Å². The minimum Gasteiger partial charge on any atom is -0.496 e. The van der Waals surface area contributed by atoms with Crippen molar-refractivity contribution in [2.75, 3.05) is 7.11 Å². The fourth-order valence-electron chi connectivity index (χ4n) is 1.77. The van der Waals surface area contributed by atoms with Crippen LogP contribution in [0, 0.1) is 13.8 Å². The third kappa shape index (κ3) is 2.73. The summed E-state index contributed by atoms with van der Waals surface area (Å²) in [5.74, 6) is -1.10. The van der Waals surface area contributed by atoms with Gasteiger partial charge in [-0.25, -0.2) is 0 Å². The lowest BCUT2D eigenvalue weighted by Crippen LogP contribution is -2.57. The molecule has 0 fully saturated rings. The predicted molar refractivity (Wildman–Crippen MR) is 65.4 cm³/mol. The van der Waals surface area contributed by atoms with E-state index in [2.05, 4.69) is 0 Å². The van der Waals surface area contributed by atoms with E-state index in [9.17, 15) is 18.0 Å². The van der Waals surface area contributed by atoms with Crippen LogP contribution >= 0.6 is 0 Å². The number of nitrogens with two attached hydrogens (primary N) is 1. The van der Waals surface area contributed by atoms with Gasteiger partial charge in [0.2, 0.25) is 0 Å². The first-order chi connectivity index (χ1) is 8.52. The minimum atomic E-state index is -4.83. The molecule has 0 aliphatic heterocycles. The fraction of sp³-hybridized carbons (Fsp3) is 0.462. The Hall–Kier alpha value is -1.56. The van der Waals surface area contributed by atoms with Crippen LogP contribution in [0.5, 0.6) is 5.75 Å². The zero-order chi connectivity index (χ0) is 15.0. The number of ether oxygens (including phenoxy) is 1. The number of carbonyl (C=O) groups is 1. The SMILES string of the molecule is COc1cc(C)cc(C)c1C(=O)C(C)(N)C(F)(F)F. The van der Waals surface area contributed by atoms with Crippen molar-refractivity contribution in [2.45, 2.75) is 32.5 Å². The summed E-state index contributed by atoms with van der Waals surface area (Å²) in [4.78, 5) is 12.1. The van der Waals surface area contributed by atoms with Crippen LogP contribution in [0.4, 0.5) is 13.2 Å². The molecule has 0 amide bonds. The molecule has 2 N–H and O–H groups in total. The Kier molecular flexibility index (Phi) is 3.95. The van der Waals surface area contributed by atoms with Gasteiger partial charge >= 0.3 is 6.18 Å². The van der Waals surface area contributed by atoms with Gasteiger partial charge in [0.15, 0.2) is 11.3 Å². The maximum atomic E-state index is 12.8. The second kappa shape index (κ2) is 4.85. The summed E-state index contributed by atoms with van der Waals surface area (Å²) in [6.45, 7) is 3.97. The number of methoxy groups -OCH3 is 1. The molecule has 0 bridgehead atoms.